The van der Waals surface area contributed by atoms with Gasteiger partial charge in [-0.3, -0.25) is 4.79 Å². The molecular weight excluding hydrogens is 328 g/mol. The van der Waals surface area contributed by atoms with Crippen molar-refractivity contribution >= 4 is 17.5 Å². The second-order valence-corrected chi connectivity index (χ2v) is 5.30. The van der Waals surface area contributed by atoms with Gasteiger partial charge in [0.2, 0.25) is 5.95 Å². The van der Waals surface area contributed by atoms with Gasteiger partial charge in [0.25, 0.3) is 5.91 Å². The molecule has 0 saturated carbocycles. The topological polar surface area (TPSA) is 76.1 Å². The van der Waals surface area contributed by atoms with E-state index in [4.69, 9.17) is 4.74 Å². The van der Waals surface area contributed by atoms with E-state index in [0.717, 1.165) is 0 Å². The van der Waals surface area contributed by atoms with Crippen molar-refractivity contribution in [2.75, 3.05) is 17.2 Å². The third-order valence-corrected chi connectivity index (χ3v) is 3.40. The molecule has 6 nitrogen and oxygen atoms in total. The molecule has 6 heteroatoms. The van der Waals surface area contributed by atoms with Crippen LogP contribution >= 0.6 is 0 Å². The zero-order chi connectivity index (χ0) is 18.2. The van der Waals surface area contributed by atoms with Crippen LogP contribution in [0.3, 0.4) is 0 Å². The predicted octanol–water partition coefficient (Wildman–Crippen LogP) is 4.12. The van der Waals surface area contributed by atoms with E-state index in [0.29, 0.717) is 29.7 Å². The van der Waals surface area contributed by atoms with Crippen molar-refractivity contribution in [1.82, 2.24) is 9.97 Å². The Balaban J connectivity index is 1.76. The molecule has 2 aromatic carbocycles. The molecule has 0 atom stereocenters. The predicted molar refractivity (Wildman–Crippen MR) is 102 cm³/mol. The molecule has 1 aromatic heterocycles. The van der Waals surface area contributed by atoms with Crippen LogP contribution in [-0.4, -0.2) is 22.4 Å². The molecular formula is C20H18N4O2. The molecule has 26 heavy (non-hydrogen) atoms. The summed E-state index contributed by atoms with van der Waals surface area (Å²) in [4.78, 5) is 20.8. The molecule has 0 saturated heterocycles. The average molecular weight is 346 g/mol. The maximum absolute atomic E-state index is 12.5. The number of carbonyl (C=O) groups is 1. The smallest absolute Gasteiger partial charge is 0.274 e. The number of benzene rings is 2. The van der Waals surface area contributed by atoms with E-state index in [9.17, 15) is 4.79 Å². The van der Waals surface area contributed by atoms with Gasteiger partial charge in [-0.15, -0.1) is 6.58 Å². The van der Waals surface area contributed by atoms with E-state index in [1.54, 1.807) is 24.3 Å². The molecule has 0 fully saturated rings. The van der Waals surface area contributed by atoms with Crippen molar-refractivity contribution in [1.29, 1.82) is 0 Å². The van der Waals surface area contributed by atoms with E-state index in [1.165, 1.54) is 6.20 Å². The highest BCUT2D eigenvalue weighted by Crippen LogP contribution is 2.29. The summed E-state index contributed by atoms with van der Waals surface area (Å²) in [5.41, 5.74) is 0.807. The van der Waals surface area contributed by atoms with Crippen LogP contribution in [0, 0.1) is 0 Å². The minimum absolute atomic E-state index is 0.251. The van der Waals surface area contributed by atoms with E-state index in [-0.39, 0.29) is 11.6 Å². The number of amides is 1. The summed E-state index contributed by atoms with van der Waals surface area (Å²) in [7, 11) is 0. The highest BCUT2D eigenvalue weighted by Gasteiger charge is 2.12. The highest BCUT2D eigenvalue weighted by molar-refractivity contribution is 6.03. The van der Waals surface area contributed by atoms with Crippen LogP contribution in [-0.2, 0) is 0 Å². The molecule has 3 aromatic rings. The van der Waals surface area contributed by atoms with Crippen molar-refractivity contribution in [2.45, 2.75) is 0 Å². The standard InChI is InChI=1S/C20H18N4O2/c1-2-13-21-20-22-14-12-17(24-20)19(25)23-16-10-6-7-11-18(16)26-15-8-4-3-5-9-15/h2-12,14H,1,13H2,(H,23,25)(H,21,22,24). The summed E-state index contributed by atoms with van der Waals surface area (Å²) in [6, 6.07) is 18.2. The zero-order valence-electron chi connectivity index (χ0n) is 14.1. The van der Waals surface area contributed by atoms with E-state index in [2.05, 4.69) is 27.2 Å². The van der Waals surface area contributed by atoms with E-state index < -0.39 is 0 Å². The molecule has 0 radical (unpaired) electrons. The van der Waals surface area contributed by atoms with Gasteiger partial charge < -0.3 is 15.4 Å². The molecule has 3 rings (SSSR count). The number of aromatic nitrogens is 2. The van der Waals surface area contributed by atoms with Gasteiger partial charge in [-0.05, 0) is 30.3 Å². The monoisotopic (exact) mass is 346 g/mol. The Morgan fingerprint density at radius 1 is 1.08 bits per heavy atom. The maximum Gasteiger partial charge on any atom is 0.274 e. The van der Waals surface area contributed by atoms with Gasteiger partial charge in [0, 0.05) is 12.7 Å². The first-order valence-corrected chi connectivity index (χ1v) is 8.07. The summed E-state index contributed by atoms with van der Waals surface area (Å²) in [6.45, 7) is 4.13. The highest BCUT2D eigenvalue weighted by atomic mass is 16.5. The van der Waals surface area contributed by atoms with Crippen LogP contribution in [0.5, 0.6) is 11.5 Å². The van der Waals surface area contributed by atoms with Crippen LogP contribution in [0.4, 0.5) is 11.6 Å². The van der Waals surface area contributed by atoms with Gasteiger partial charge >= 0.3 is 0 Å². The molecule has 2 N–H and O–H groups in total. The summed E-state index contributed by atoms with van der Waals surface area (Å²) in [5.74, 6) is 1.25. The van der Waals surface area contributed by atoms with Crippen molar-refractivity contribution < 1.29 is 9.53 Å². The summed E-state index contributed by atoms with van der Waals surface area (Å²) in [6.07, 6.45) is 3.22. The summed E-state index contributed by atoms with van der Waals surface area (Å²) < 4.78 is 5.85. The van der Waals surface area contributed by atoms with Crippen molar-refractivity contribution in [3.63, 3.8) is 0 Å². The summed E-state index contributed by atoms with van der Waals surface area (Å²) in [5, 5.41) is 5.78. The first-order valence-electron chi connectivity index (χ1n) is 8.07. The Kier molecular flexibility index (Phi) is 5.57. The van der Waals surface area contributed by atoms with Crippen LogP contribution in [0.1, 0.15) is 10.5 Å². The molecule has 0 unspecified atom stereocenters. The number of nitrogens with one attached hydrogen (secondary N) is 2. The fraction of sp³-hybridized carbons (Fsp3) is 0.0500. The normalized spacial score (nSPS) is 10.0. The van der Waals surface area contributed by atoms with Gasteiger partial charge in [-0.25, -0.2) is 9.97 Å². The second-order valence-electron chi connectivity index (χ2n) is 5.30. The number of para-hydroxylation sites is 3. The number of hydrogen-bond acceptors (Lipinski definition) is 5. The molecule has 130 valence electrons. The number of nitrogens with zero attached hydrogens (tertiary/aromatic N) is 2. The van der Waals surface area contributed by atoms with Crippen LogP contribution in [0.25, 0.3) is 0 Å². The Labute approximate surface area is 151 Å². The largest absolute Gasteiger partial charge is 0.455 e. The van der Waals surface area contributed by atoms with Crippen LogP contribution < -0.4 is 15.4 Å². The number of anilines is 2. The SMILES string of the molecule is C=CCNc1nccc(C(=O)Nc2ccccc2Oc2ccccc2)n1. The first-order chi connectivity index (χ1) is 12.8. The summed E-state index contributed by atoms with van der Waals surface area (Å²) >= 11 is 0. The second kappa shape index (κ2) is 8.43. The number of carbonyl (C=O) groups excluding carboxylic acids is 1. The lowest BCUT2D eigenvalue weighted by atomic mass is 10.2. The third kappa shape index (κ3) is 4.45. The van der Waals surface area contributed by atoms with Gasteiger partial charge in [-0.2, -0.15) is 0 Å². The van der Waals surface area contributed by atoms with E-state index >= 15 is 0 Å². The van der Waals surface area contributed by atoms with Crippen molar-refractivity contribution in [2.24, 2.45) is 0 Å². The lowest BCUT2D eigenvalue weighted by molar-refractivity contribution is 0.102. The lowest BCUT2D eigenvalue weighted by Gasteiger charge is -2.12. The van der Waals surface area contributed by atoms with Gasteiger partial charge in [0.1, 0.15) is 11.4 Å². The Morgan fingerprint density at radius 3 is 2.65 bits per heavy atom. The van der Waals surface area contributed by atoms with Gasteiger partial charge in [-0.1, -0.05) is 36.4 Å². The molecule has 0 spiro atoms. The number of hydrogen-bond donors (Lipinski definition) is 2. The zero-order valence-corrected chi connectivity index (χ0v) is 14.1. The first kappa shape index (κ1) is 17.2. The third-order valence-electron chi connectivity index (χ3n) is 3.40. The van der Waals surface area contributed by atoms with Crippen LogP contribution in [0.2, 0.25) is 0 Å². The molecule has 0 aliphatic heterocycles. The van der Waals surface area contributed by atoms with E-state index in [1.807, 2.05) is 42.5 Å². The Morgan fingerprint density at radius 2 is 1.85 bits per heavy atom. The molecule has 0 aliphatic carbocycles. The fourth-order valence-electron chi connectivity index (χ4n) is 2.19. The molecule has 1 amide bonds. The van der Waals surface area contributed by atoms with Crippen LogP contribution in [0.15, 0.2) is 79.5 Å². The maximum atomic E-state index is 12.5. The fourth-order valence-corrected chi connectivity index (χ4v) is 2.19. The molecule has 0 bridgehead atoms. The number of ether oxygens (including phenoxy) is 1. The quantitative estimate of drug-likeness (QED) is 0.629. The van der Waals surface area contributed by atoms with Gasteiger partial charge in [0.15, 0.2) is 5.75 Å². The average Bonchev–Trinajstić information content (AvgIpc) is 2.69. The number of rotatable bonds is 7. The van der Waals surface area contributed by atoms with Crippen molar-refractivity contribution in [3.05, 3.63) is 85.2 Å². The lowest BCUT2D eigenvalue weighted by Crippen LogP contribution is -2.15. The molecule has 0 aliphatic rings. The molecule has 1 heterocycles. The van der Waals surface area contributed by atoms with Crippen molar-refractivity contribution in [3.8, 4) is 11.5 Å². The Hall–Kier alpha value is -3.67. The minimum atomic E-state index is -0.349. The Bertz CT molecular complexity index is 897. The van der Waals surface area contributed by atoms with Gasteiger partial charge in [0.05, 0.1) is 5.69 Å². The minimum Gasteiger partial charge on any atom is -0.455 e.